The van der Waals surface area contributed by atoms with Crippen molar-refractivity contribution in [3.63, 3.8) is 0 Å². The Morgan fingerprint density at radius 1 is 1.03 bits per heavy atom. The molecule has 2 aromatic heterocycles. The van der Waals surface area contributed by atoms with E-state index in [0.717, 1.165) is 45.9 Å². The third kappa shape index (κ3) is 5.19. The fourth-order valence-electron chi connectivity index (χ4n) is 4.21. The van der Waals surface area contributed by atoms with Crippen LogP contribution in [-0.4, -0.2) is 26.4 Å². The van der Waals surface area contributed by atoms with Crippen molar-refractivity contribution >= 4 is 29.0 Å². The summed E-state index contributed by atoms with van der Waals surface area (Å²) in [6, 6.07) is 16.5. The number of aryl methyl sites for hydroxylation is 4. The van der Waals surface area contributed by atoms with Gasteiger partial charge in [-0.25, -0.2) is 4.98 Å². The van der Waals surface area contributed by atoms with Gasteiger partial charge in [-0.15, -0.1) is 0 Å². The highest BCUT2D eigenvalue weighted by Crippen LogP contribution is 2.28. The summed E-state index contributed by atoms with van der Waals surface area (Å²) in [5.41, 5.74) is 7.10. The molecule has 1 unspecified atom stereocenters. The van der Waals surface area contributed by atoms with Crippen molar-refractivity contribution in [1.82, 2.24) is 14.7 Å². The average Bonchev–Trinajstić information content (AvgIpc) is 3.18. The Balaban J connectivity index is 1.64. The van der Waals surface area contributed by atoms with Gasteiger partial charge in [0.1, 0.15) is 11.5 Å². The monoisotopic (exact) mass is 470 g/mol. The quantitative estimate of drug-likeness (QED) is 0.316. The molecule has 0 fully saturated rings. The van der Waals surface area contributed by atoms with Crippen LogP contribution in [0.1, 0.15) is 57.7 Å². The number of hydrogen-bond acceptors (Lipinski definition) is 4. The number of nitrogens with one attached hydrogen (secondary N) is 2. The number of amides is 1. The zero-order chi connectivity index (χ0) is 25.1. The molecule has 0 saturated carbocycles. The van der Waals surface area contributed by atoms with Gasteiger partial charge in [0, 0.05) is 17.4 Å². The molecule has 0 saturated heterocycles. The lowest BCUT2D eigenvalue weighted by Gasteiger charge is -2.18. The number of carboxylic acids is 1. The zero-order valence-electron chi connectivity index (χ0n) is 20.4. The number of aliphatic carboxylic acids is 1. The number of anilines is 2. The molecule has 7 heteroatoms. The van der Waals surface area contributed by atoms with E-state index in [1.165, 1.54) is 0 Å². The Kier molecular flexibility index (Phi) is 6.87. The number of carbonyl (C=O) groups is 2. The number of rotatable bonds is 8. The third-order valence-corrected chi connectivity index (χ3v) is 6.18. The highest BCUT2D eigenvalue weighted by Gasteiger charge is 2.20. The fourth-order valence-corrected chi connectivity index (χ4v) is 4.21. The number of nitrogens with zero attached hydrogens (tertiary/aromatic N) is 2. The Labute approximate surface area is 204 Å². The fraction of sp³-hybridized carbons (Fsp3) is 0.250. The summed E-state index contributed by atoms with van der Waals surface area (Å²) < 4.78 is 1.94. The van der Waals surface area contributed by atoms with Crippen LogP contribution in [0.5, 0.6) is 0 Å². The van der Waals surface area contributed by atoms with Gasteiger partial charge in [-0.2, -0.15) is 0 Å². The number of aromatic nitrogens is 2. The number of pyridine rings is 1. The van der Waals surface area contributed by atoms with E-state index in [2.05, 4.69) is 36.6 Å². The number of benzene rings is 2. The summed E-state index contributed by atoms with van der Waals surface area (Å²) in [4.78, 5) is 29.3. The Hall–Kier alpha value is -4.13. The normalized spacial score (nSPS) is 11.9. The minimum absolute atomic E-state index is 0.204. The summed E-state index contributed by atoms with van der Waals surface area (Å²) in [5.74, 6) is -0.450. The zero-order valence-corrected chi connectivity index (χ0v) is 20.4. The van der Waals surface area contributed by atoms with Gasteiger partial charge in [-0.1, -0.05) is 55.0 Å². The molecule has 2 heterocycles. The molecule has 3 N–H and O–H groups in total. The molecule has 0 radical (unpaired) electrons. The van der Waals surface area contributed by atoms with Crippen LogP contribution in [0.2, 0.25) is 0 Å². The predicted molar refractivity (Wildman–Crippen MR) is 137 cm³/mol. The van der Waals surface area contributed by atoms with Crippen molar-refractivity contribution in [2.75, 3.05) is 5.32 Å². The largest absolute Gasteiger partial charge is 0.481 e. The van der Waals surface area contributed by atoms with Crippen LogP contribution >= 0.6 is 0 Å². The van der Waals surface area contributed by atoms with Gasteiger partial charge in [0.2, 0.25) is 0 Å². The van der Waals surface area contributed by atoms with Gasteiger partial charge in [0.05, 0.1) is 18.2 Å². The van der Waals surface area contributed by atoms with Crippen molar-refractivity contribution in [1.29, 1.82) is 0 Å². The van der Waals surface area contributed by atoms with Crippen molar-refractivity contribution in [2.24, 2.45) is 0 Å². The third-order valence-electron chi connectivity index (χ3n) is 6.18. The molecule has 1 atom stereocenters. The van der Waals surface area contributed by atoms with Gasteiger partial charge in [-0.3, -0.25) is 14.0 Å². The average molecular weight is 471 g/mol. The van der Waals surface area contributed by atoms with E-state index < -0.39 is 12.0 Å². The molecule has 0 spiro atoms. The number of fused-ring (bicyclic) bond motifs is 1. The number of carbonyl (C=O) groups excluding carboxylic acids is 1. The first-order chi connectivity index (χ1) is 16.8. The summed E-state index contributed by atoms with van der Waals surface area (Å²) in [5, 5.41) is 15.8. The molecule has 0 bridgehead atoms. The molecule has 0 aliphatic rings. The Morgan fingerprint density at radius 2 is 1.71 bits per heavy atom. The second-order valence-corrected chi connectivity index (χ2v) is 8.83. The van der Waals surface area contributed by atoms with Crippen LogP contribution in [0.25, 0.3) is 5.65 Å². The summed E-state index contributed by atoms with van der Waals surface area (Å²) in [7, 11) is 0. The maximum atomic E-state index is 13.1. The molecule has 0 aliphatic carbocycles. The van der Waals surface area contributed by atoms with Crippen LogP contribution in [0, 0.1) is 20.8 Å². The van der Waals surface area contributed by atoms with E-state index >= 15 is 0 Å². The van der Waals surface area contributed by atoms with Crippen molar-refractivity contribution in [3.05, 3.63) is 94.3 Å². The van der Waals surface area contributed by atoms with Crippen LogP contribution in [0.4, 0.5) is 11.5 Å². The van der Waals surface area contributed by atoms with Gasteiger partial charge in [0.25, 0.3) is 5.91 Å². The van der Waals surface area contributed by atoms with E-state index in [4.69, 9.17) is 4.98 Å². The van der Waals surface area contributed by atoms with Gasteiger partial charge in [-0.05, 0) is 56.0 Å². The lowest BCUT2D eigenvalue weighted by Crippen LogP contribution is -2.30. The van der Waals surface area contributed by atoms with E-state index in [-0.39, 0.29) is 12.3 Å². The first-order valence-corrected chi connectivity index (χ1v) is 11.7. The van der Waals surface area contributed by atoms with Gasteiger partial charge < -0.3 is 15.7 Å². The second-order valence-electron chi connectivity index (χ2n) is 8.83. The highest BCUT2D eigenvalue weighted by atomic mass is 16.4. The first-order valence-electron chi connectivity index (χ1n) is 11.7. The standard InChI is InChI=1S/C28H30N4O3/c1-5-22-27(31-26-18(3)7-6-8-19(26)4)32-14-13-21(15-24(32)29-22)28(35)30-23(16-25(33)34)20-11-9-17(2)10-12-20/h6-15,23,31H,5,16H2,1-4H3,(H,30,35)(H,33,34). The van der Waals surface area contributed by atoms with E-state index in [9.17, 15) is 14.7 Å². The summed E-state index contributed by atoms with van der Waals surface area (Å²) >= 11 is 0. The molecule has 4 rings (SSSR count). The topological polar surface area (TPSA) is 95.7 Å². The van der Waals surface area contributed by atoms with E-state index in [0.29, 0.717) is 11.2 Å². The minimum Gasteiger partial charge on any atom is -0.481 e. The van der Waals surface area contributed by atoms with Gasteiger partial charge >= 0.3 is 5.97 Å². The van der Waals surface area contributed by atoms with Crippen LogP contribution in [0.3, 0.4) is 0 Å². The van der Waals surface area contributed by atoms with Gasteiger partial charge in [0.15, 0.2) is 0 Å². The lowest BCUT2D eigenvalue weighted by atomic mass is 10.0. The molecule has 180 valence electrons. The van der Waals surface area contributed by atoms with Crippen molar-refractivity contribution in [3.8, 4) is 0 Å². The molecule has 35 heavy (non-hydrogen) atoms. The van der Waals surface area contributed by atoms with E-state index in [1.807, 2.05) is 54.8 Å². The molecule has 0 aliphatic heterocycles. The number of hydrogen-bond donors (Lipinski definition) is 3. The highest BCUT2D eigenvalue weighted by molar-refractivity contribution is 5.95. The molecule has 4 aromatic rings. The lowest BCUT2D eigenvalue weighted by molar-refractivity contribution is -0.137. The summed E-state index contributed by atoms with van der Waals surface area (Å²) in [6.07, 6.45) is 2.35. The Bertz CT molecular complexity index is 1370. The van der Waals surface area contributed by atoms with Crippen LogP contribution in [0.15, 0.2) is 60.8 Å². The Morgan fingerprint density at radius 3 is 2.34 bits per heavy atom. The van der Waals surface area contributed by atoms with Crippen LogP contribution in [-0.2, 0) is 11.2 Å². The van der Waals surface area contributed by atoms with Crippen molar-refractivity contribution in [2.45, 2.75) is 46.6 Å². The SMILES string of the molecule is CCc1nc2cc(C(=O)NC(CC(=O)O)c3ccc(C)cc3)ccn2c1Nc1c(C)cccc1C. The first kappa shape index (κ1) is 24.0. The molecule has 7 nitrogen and oxygen atoms in total. The van der Waals surface area contributed by atoms with Crippen LogP contribution < -0.4 is 10.6 Å². The molecule has 1 amide bonds. The molecular formula is C28H30N4O3. The summed E-state index contributed by atoms with van der Waals surface area (Å²) in [6.45, 7) is 8.13. The maximum Gasteiger partial charge on any atom is 0.305 e. The minimum atomic E-state index is -0.977. The maximum absolute atomic E-state index is 13.1. The molecule has 2 aromatic carbocycles. The number of imidazole rings is 1. The number of para-hydroxylation sites is 1. The van der Waals surface area contributed by atoms with E-state index in [1.54, 1.807) is 12.1 Å². The molecular weight excluding hydrogens is 440 g/mol. The number of carboxylic acid groups (broad SMARTS) is 1. The second kappa shape index (κ2) is 10.0. The smallest absolute Gasteiger partial charge is 0.305 e. The van der Waals surface area contributed by atoms with Crippen molar-refractivity contribution < 1.29 is 14.7 Å². The predicted octanol–water partition coefficient (Wildman–Crippen LogP) is 5.51.